The molecule has 3 nitrogen and oxygen atoms in total. The minimum atomic E-state index is -0.296. The molecular formula is C15H17FN2O. The third-order valence-corrected chi connectivity index (χ3v) is 3.83. The number of hydrogen-bond donors (Lipinski definition) is 1. The Bertz CT molecular complexity index is 626. The molecule has 1 N–H and O–H groups in total. The molecule has 0 unspecified atom stereocenters. The van der Waals surface area contributed by atoms with Crippen LogP contribution in [0.3, 0.4) is 0 Å². The number of aromatic nitrogens is 1. The molecule has 4 heteroatoms. The Kier molecular flexibility index (Phi) is 3.11. The van der Waals surface area contributed by atoms with Gasteiger partial charge in [0.1, 0.15) is 5.82 Å². The molecule has 1 aromatic carbocycles. The Morgan fingerprint density at radius 1 is 1.53 bits per heavy atom. The van der Waals surface area contributed by atoms with Crippen molar-refractivity contribution in [2.24, 2.45) is 0 Å². The van der Waals surface area contributed by atoms with Crippen molar-refractivity contribution >= 4 is 16.7 Å². The fraction of sp³-hybridized carbons (Fsp3) is 0.400. The fourth-order valence-electron chi connectivity index (χ4n) is 2.82. The number of ketones is 1. The summed E-state index contributed by atoms with van der Waals surface area (Å²) in [7, 11) is 0. The van der Waals surface area contributed by atoms with E-state index in [1.807, 2.05) is 17.7 Å². The summed E-state index contributed by atoms with van der Waals surface area (Å²) in [4.78, 5) is 12.5. The lowest BCUT2D eigenvalue weighted by Crippen LogP contribution is -2.30. The predicted octanol–water partition coefficient (Wildman–Crippen LogP) is 2.74. The SMILES string of the molecule is CCn1cc(C(=O)[C@H]2CCCN2)c2cc(F)ccc21. The molecule has 1 atom stereocenters. The van der Waals surface area contributed by atoms with Crippen LogP contribution in [0.1, 0.15) is 30.1 Å². The van der Waals surface area contributed by atoms with Crippen molar-refractivity contribution in [3.05, 3.63) is 35.8 Å². The average molecular weight is 260 g/mol. The van der Waals surface area contributed by atoms with E-state index in [0.29, 0.717) is 5.56 Å². The summed E-state index contributed by atoms with van der Waals surface area (Å²) >= 11 is 0. The minimum Gasteiger partial charge on any atom is -0.347 e. The van der Waals surface area contributed by atoms with Crippen molar-refractivity contribution < 1.29 is 9.18 Å². The standard InChI is InChI=1S/C15H17FN2O/c1-2-18-9-12(15(19)13-4-3-7-17-13)11-8-10(16)5-6-14(11)18/h5-6,8-9,13,17H,2-4,7H2,1H3/t13-/m1/s1. The molecule has 1 aliphatic rings. The maximum atomic E-state index is 13.4. The number of aryl methyl sites for hydroxylation is 1. The van der Waals surface area contributed by atoms with Gasteiger partial charge in [-0.05, 0) is 44.5 Å². The molecule has 2 heterocycles. The third kappa shape index (κ3) is 2.06. The van der Waals surface area contributed by atoms with Crippen LogP contribution in [0.5, 0.6) is 0 Å². The largest absolute Gasteiger partial charge is 0.347 e. The second-order valence-electron chi connectivity index (χ2n) is 5.00. The highest BCUT2D eigenvalue weighted by atomic mass is 19.1. The summed E-state index contributed by atoms with van der Waals surface area (Å²) in [5, 5.41) is 3.93. The van der Waals surface area contributed by atoms with Crippen LogP contribution in [0.25, 0.3) is 10.9 Å². The van der Waals surface area contributed by atoms with Gasteiger partial charge in [-0.3, -0.25) is 4.79 Å². The van der Waals surface area contributed by atoms with Crippen LogP contribution in [0.2, 0.25) is 0 Å². The van der Waals surface area contributed by atoms with Gasteiger partial charge in [0.05, 0.1) is 6.04 Å². The number of Topliss-reactive ketones (excluding diaryl/α,β-unsaturated/α-hetero) is 1. The van der Waals surface area contributed by atoms with Gasteiger partial charge in [0, 0.05) is 29.2 Å². The summed E-state index contributed by atoms with van der Waals surface area (Å²) in [6.45, 7) is 3.68. The number of carbonyl (C=O) groups excluding carboxylic acids is 1. The van der Waals surface area contributed by atoms with Crippen LogP contribution in [0.4, 0.5) is 4.39 Å². The molecule has 19 heavy (non-hydrogen) atoms. The molecule has 1 aromatic heterocycles. The second kappa shape index (κ2) is 4.78. The first-order chi connectivity index (χ1) is 9.20. The normalized spacial score (nSPS) is 19.2. The van der Waals surface area contributed by atoms with E-state index in [9.17, 15) is 9.18 Å². The highest BCUT2D eigenvalue weighted by molar-refractivity contribution is 6.10. The molecule has 0 spiro atoms. The van der Waals surface area contributed by atoms with E-state index in [2.05, 4.69) is 5.32 Å². The summed E-state index contributed by atoms with van der Waals surface area (Å²) in [6.07, 6.45) is 3.75. The second-order valence-corrected chi connectivity index (χ2v) is 5.00. The lowest BCUT2D eigenvalue weighted by atomic mass is 10.0. The average Bonchev–Trinajstić information content (AvgIpc) is 3.05. The van der Waals surface area contributed by atoms with E-state index < -0.39 is 0 Å². The summed E-state index contributed by atoms with van der Waals surface area (Å²) in [5.41, 5.74) is 1.56. The zero-order chi connectivity index (χ0) is 13.4. The Balaban J connectivity index is 2.11. The number of nitrogens with zero attached hydrogens (tertiary/aromatic N) is 1. The number of fused-ring (bicyclic) bond motifs is 1. The smallest absolute Gasteiger partial charge is 0.181 e. The van der Waals surface area contributed by atoms with Crippen molar-refractivity contribution in [1.29, 1.82) is 0 Å². The highest BCUT2D eigenvalue weighted by Crippen LogP contribution is 2.25. The van der Waals surface area contributed by atoms with E-state index in [0.717, 1.165) is 36.8 Å². The first-order valence-electron chi connectivity index (χ1n) is 6.76. The minimum absolute atomic E-state index is 0.0836. The Labute approximate surface area is 111 Å². The first kappa shape index (κ1) is 12.4. The number of hydrogen-bond acceptors (Lipinski definition) is 2. The number of nitrogens with one attached hydrogen (secondary N) is 1. The number of benzene rings is 1. The predicted molar refractivity (Wildman–Crippen MR) is 72.9 cm³/mol. The maximum absolute atomic E-state index is 13.4. The highest BCUT2D eigenvalue weighted by Gasteiger charge is 2.26. The third-order valence-electron chi connectivity index (χ3n) is 3.83. The monoisotopic (exact) mass is 260 g/mol. The van der Waals surface area contributed by atoms with E-state index in [1.165, 1.54) is 12.1 Å². The Morgan fingerprint density at radius 2 is 2.37 bits per heavy atom. The molecule has 1 saturated heterocycles. The van der Waals surface area contributed by atoms with Crippen molar-refractivity contribution in [2.75, 3.05) is 6.54 Å². The molecule has 0 aliphatic carbocycles. The van der Waals surface area contributed by atoms with Crippen molar-refractivity contribution in [1.82, 2.24) is 9.88 Å². The van der Waals surface area contributed by atoms with Crippen molar-refractivity contribution in [3.63, 3.8) is 0 Å². The van der Waals surface area contributed by atoms with E-state index in [-0.39, 0.29) is 17.6 Å². The van der Waals surface area contributed by atoms with Crippen molar-refractivity contribution in [2.45, 2.75) is 32.4 Å². The Morgan fingerprint density at radius 3 is 3.05 bits per heavy atom. The zero-order valence-electron chi connectivity index (χ0n) is 10.9. The molecule has 0 amide bonds. The van der Waals surface area contributed by atoms with E-state index in [4.69, 9.17) is 0 Å². The van der Waals surface area contributed by atoms with Gasteiger partial charge in [0.15, 0.2) is 5.78 Å². The molecule has 2 aromatic rings. The van der Waals surface area contributed by atoms with Gasteiger partial charge in [-0.1, -0.05) is 0 Å². The van der Waals surface area contributed by atoms with Gasteiger partial charge in [0.25, 0.3) is 0 Å². The number of carbonyl (C=O) groups is 1. The summed E-state index contributed by atoms with van der Waals surface area (Å²) in [5.74, 6) is -0.213. The first-order valence-corrected chi connectivity index (χ1v) is 6.76. The molecule has 0 radical (unpaired) electrons. The van der Waals surface area contributed by atoms with E-state index in [1.54, 1.807) is 6.07 Å². The van der Waals surface area contributed by atoms with Crippen LogP contribution in [-0.2, 0) is 6.54 Å². The summed E-state index contributed by atoms with van der Waals surface area (Å²) < 4.78 is 15.4. The van der Waals surface area contributed by atoms with Crippen LogP contribution in [-0.4, -0.2) is 22.9 Å². The van der Waals surface area contributed by atoms with E-state index >= 15 is 0 Å². The van der Waals surface area contributed by atoms with Gasteiger partial charge in [-0.2, -0.15) is 0 Å². The van der Waals surface area contributed by atoms with Crippen molar-refractivity contribution in [3.8, 4) is 0 Å². The van der Waals surface area contributed by atoms with Crippen LogP contribution >= 0.6 is 0 Å². The van der Waals surface area contributed by atoms with Gasteiger partial charge in [0.2, 0.25) is 0 Å². The van der Waals surface area contributed by atoms with Crippen LogP contribution in [0, 0.1) is 5.82 Å². The molecule has 1 fully saturated rings. The molecular weight excluding hydrogens is 243 g/mol. The summed E-state index contributed by atoms with van der Waals surface area (Å²) in [6, 6.07) is 4.53. The fourth-order valence-corrected chi connectivity index (χ4v) is 2.82. The lowest BCUT2D eigenvalue weighted by Gasteiger charge is -2.07. The Hall–Kier alpha value is -1.68. The van der Waals surface area contributed by atoms with Gasteiger partial charge in [-0.25, -0.2) is 4.39 Å². The van der Waals surface area contributed by atoms with Crippen LogP contribution < -0.4 is 5.32 Å². The molecule has 0 bridgehead atoms. The molecule has 100 valence electrons. The number of rotatable bonds is 3. The molecule has 0 saturated carbocycles. The lowest BCUT2D eigenvalue weighted by molar-refractivity contribution is 0.0954. The van der Waals surface area contributed by atoms with Gasteiger partial charge < -0.3 is 9.88 Å². The maximum Gasteiger partial charge on any atom is 0.181 e. The van der Waals surface area contributed by atoms with Gasteiger partial charge in [-0.15, -0.1) is 0 Å². The number of halogens is 1. The van der Waals surface area contributed by atoms with Gasteiger partial charge >= 0.3 is 0 Å². The van der Waals surface area contributed by atoms with Crippen LogP contribution in [0.15, 0.2) is 24.4 Å². The molecule has 3 rings (SSSR count). The topological polar surface area (TPSA) is 34.0 Å². The zero-order valence-corrected chi connectivity index (χ0v) is 10.9. The molecule has 1 aliphatic heterocycles. The quantitative estimate of drug-likeness (QED) is 0.861.